The first kappa shape index (κ1) is 37.9. The summed E-state index contributed by atoms with van der Waals surface area (Å²) in [5.74, 6) is 0.867. The zero-order chi connectivity index (χ0) is 39.5. The van der Waals surface area contributed by atoms with Gasteiger partial charge in [0.2, 0.25) is 5.88 Å². The van der Waals surface area contributed by atoms with Gasteiger partial charge in [0, 0.05) is 81.4 Å². The molecule has 2 fully saturated rings. The average Bonchev–Trinajstić information content (AvgIpc) is 3.80. The van der Waals surface area contributed by atoms with Gasteiger partial charge in [0.1, 0.15) is 11.2 Å². The Hall–Kier alpha value is -4.95. The molecule has 2 atom stereocenters. The highest BCUT2D eigenvalue weighted by Gasteiger charge is 2.46. The minimum Gasteiger partial charge on any atom is -0.481 e. The molecule has 5 heterocycles. The Morgan fingerprint density at radius 2 is 1.68 bits per heavy atom. The molecule has 2 N–H and O–H groups in total. The predicted molar refractivity (Wildman–Crippen MR) is 219 cm³/mol. The molecule has 2 aromatic carbocycles. The van der Waals surface area contributed by atoms with Gasteiger partial charge >= 0.3 is 11.7 Å². The molecule has 1 aliphatic carbocycles. The number of nitrogens with zero attached hydrogens (tertiary/aromatic N) is 6. The molecule has 292 valence electrons. The van der Waals surface area contributed by atoms with Gasteiger partial charge in [-0.25, -0.2) is 19.6 Å². The first-order valence-electron chi connectivity index (χ1n) is 18.7. The number of urea groups is 1. The number of carbonyl (C=O) groups is 1. The second-order valence-electron chi connectivity index (χ2n) is 15.0. The Balaban J connectivity index is 1.08. The van der Waals surface area contributed by atoms with Crippen LogP contribution in [0.25, 0.3) is 33.3 Å². The lowest BCUT2D eigenvalue weighted by atomic mass is 9.92. The van der Waals surface area contributed by atoms with E-state index >= 15 is 0 Å². The van der Waals surface area contributed by atoms with Crippen LogP contribution < -0.4 is 26.6 Å². The third-order valence-electron chi connectivity index (χ3n) is 11.6. The van der Waals surface area contributed by atoms with E-state index in [0.29, 0.717) is 68.6 Å². The summed E-state index contributed by atoms with van der Waals surface area (Å²) in [4.78, 5) is 52.9. The summed E-state index contributed by atoms with van der Waals surface area (Å²) < 4.78 is 13.7. The maximum absolute atomic E-state index is 13.3. The number of ether oxygens (including phenoxy) is 2. The summed E-state index contributed by atoms with van der Waals surface area (Å²) in [5, 5.41) is 7.74. The lowest BCUT2D eigenvalue weighted by Crippen LogP contribution is -2.61. The number of likely N-dealkylation sites (tertiary alicyclic amines) is 1. The van der Waals surface area contributed by atoms with E-state index in [0.717, 1.165) is 61.0 Å². The minimum atomic E-state index is -0.461. The number of rotatable bonds is 9. The van der Waals surface area contributed by atoms with Gasteiger partial charge in [-0.1, -0.05) is 53.5 Å². The highest BCUT2D eigenvalue weighted by atomic mass is 35.5. The summed E-state index contributed by atoms with van der Waals surface area (Å²) in [6, 6.07) is 15.3. The number of pyridine rings is 2. The molecule has 0 bridgehead atoms. The van der Waals surface area contributed by atoms with Gasteiger partial charge in [0.25, 0.3) is 5.56 Å². The molecule has 8 rings (SSSR count). The number of fused-ring (bicyclic) bond motifs is 2. The largest absolute Gasteiger partial charge is 0.481 e. The summed E-state index contributed by atoms with van der Waals surface area (Å²) >= 11 is 14.4. The Morgan fingerprint density at radius 1 is 0.946 bits per heavy atom. The third-order valence-corrected chi connectivity index (χ3v) is 12.4. The van der Waals surface area contributed by atoms with Crippen molar-refractivity contribution in [2.45, 2.75) is 44.2 Å². The molecular formula is C41H44Cl2N8O5. The van der Waals surface area contributed by atoms with E-state index in [1.54, 1.807) is 40.3 Å². The van der Waals surface area contributed by atoms with E-state index in [2.05, 4.69) is 26.6 Å². The van der Waals surface area contributed by atoms with Crippen molar-refractivity contribution in [1.82, 2.24) is 34.2 Å². The average molecular weight is 800 g/mol. The van der Waals surface area contributed by atoms with Gasteiger partial charge in [-0.2, -0.15) is 0 Å². The van der Waals surface area contributed by atoms with Crippen LogP contribution in [0.4, 0.5) is 16.3 Å². The van der Waals surface area contributed by atoms with Crippen LogP contribution in [0.15, 0.2) is 58.1 Å². The molecule has 3 aromatic heterocycles. The second-order valence-corrected chi connectivity index (χ2v) is 15.7. The molecule has 2 aliphatic heterocycles. The minimum absolute atomic E-state index is 0.0210. The molecule has 0 radical (unpaired) electrons. The molecule has 15 heteroatoms. The fraction of sp³-hybridized carbons (Fsp3) is 0.390. The molecular weight excluding hydrogens is 755 g/mol. The van der Waals surface area contributed by atoms with E-state index in [4.69, 9.17) is 37.7 Å². The number of aryl methyl sites for hydroxylation is 3. The third kappa shape index (κ3) is 6.49. The van der Waals surface area contributed by atoms with Gasteiger partial charge < -0.3 is 25.0 Å². The van der Waals surface area contributed by atoms with Gasteiger partial charge in [-0.3, -0.25) is 18.8 Å². The van der Waals surface area contributed by atoms with E-state index in [-0.39, 0.29) is 23.0 Å². The number of nitrogens with one attached hydrogen (secondary N) is 2. The Labute approximate surface area is 334 Å². The van der Waals surface area contributed by atoms with Crippen LogP contribution in [0.5, 0.6) is 5.88 Å². The normalized spacial score (nSPS) is 19.5. The number of amides is 2. The molecule has 56 heavy (non-hydrogen) atoms. The van der Waals surface area contributed by atoms with Gasteiger partial charge in [0.05, 0.1) is 46.2 Å². The van der Waals surface area contributed by atoms with Crippen LogP contribution in [0, 0.1) is 6.92 Å². The lowest BCUT2D eigenvalue weighted by molar-refractivity contribution is 0.114. The van der Waals surface area contributed by atoms with E-state index in [1.165, 1.54) is 17.2 Å². The monoisotopic (exact) mass is 798 g/mol. The van der Waals surface area contributed by atoms with Crippen molar-refractivity contribution in [2.24, 2.45) is 14.1 Å². The topological polar surface area (TPSA) is 136 Å². The smallest absolute Gasteiger partial charge is 0.330 e. The summed E-state index contributed by atoms with van der Waals surface area (Å²) in [7, 11) is 6.37. The molecule has 2 amide bonds. The lowest BCUT2D eigenvalue weighted by Gasteiger charge is -2.40. The van der Waals surface area contributed by atoms with Crippen LogP contribution in [0.1, 0.15) is 42.1 Å². The zero-order valence-electron chi connectivity index (χ0n) is 32.0. The maximum atomic E-state index is 13.3. The zero-order valence-corrected chi connectivity index (χ0v) is 33.6. The highest BCUT2D eigenvalue weighted by Crippen LogP contribution is 2.47. The van der Waals surface area contributed by atoms with Crippen LogP contribution >= 0.6 is 23.2 Å². The van der Waals surface area contributed by atoms with Crippen LogP contribution in [-0.2, 0) is 25.3 Å². The van der Waals surface area contributed by atoms with Gasteiger partial charge in [-0.05, 0) is 56.4 Å². The van der Waals surface area contributed by atoms with E-state index in [9.17, 15) is 14.4 Å². The van der Waals surface area contributed by atoms with Crippen molar-refractivity contribution < 1.29 is 14.3 Å². The van der Waals surface area contributed by atoms with Crippen LogP contribution in [0.2, 0.25) is 10.0 Å². The fourth-order valence-electron chi connectivity index (χ4n) is 8.66. The molecule has 13 nitrogen and oxygen atoms in total. The highest BCUT2D eigenvalue weighted by molar-refractivity contribution is 6.39. The standard InChI is InChI=1S/C41H44Cl2N8O5/c1-23-20-31-33(38(52)49(3)40(54)48(31)2)36(44-23)45-28-11-7-9-26(35(28)43)25-8-6-10-27(34(25)42)29-21-24-12-13-30(32(24)37(46-29)56-5)51-17-15-41(22-51)14-16-50(18-19-55-4)39(53)47-41/h6-11,20-21,30H,12-19,22H2,1-5H3,(H,44,45)(H,47,53)/t30-,41-/m1/s1. The van der Waals surface area contributed by atoms with Crippen molar-refractivity contribution in [2.75, 3.05) is 52.3 Å². The molecule has 1 spiro atoms. The maximum Gasteiger partial charge on any atom is 0.330 e. The summed E-state index contributed by atoms with van der Waals surface area (Å²) in [5.41, 5.74) is 5.56. The number of halogens is 2. The predicted octanol–water partition coefficient (Wildman–Crippen LogP) is 6.22. The first-order valence-corrected chi connectivity index (χ1v) is 19.5. The van der Waals surface area contributed by atoms with Gasteiger partial charge in [-0.15, -0.1) is 0 Å². The molecule has 5 aromatic rings. The van der Waals surface area contributed by atoms with Crippen molar-refractivity contribution in [3.05, 3.63) is 96.2 Å². The van der Waals surface area contributed by atoms with E-state index < -0.39 is 11.2 Å². The second kappa shape index (κ2) is 14.8. The van der Waals surface area contributed by atoms with Gasteiger partial charge in [0.15, 0.2) is 0 Å². The quantitative estimate of drug-likeness (QED) is 0.178. The molecule has 2 saturated heterocycles. The summed E-state index contributed by atoms with van der Waals surface area (Å²) in [6.45, 7) is 5.29. The Bertz CT molecular complexity index is 2520. The van der Waals surface area contributed by atoms with Crippen molar-refractivity contribution in [1.29, 1.82) is 0 Å². The van der Waals surface area contributed by atoms with Crippen molar-refractivity contribution >= 4 is 51.6 Å². The number of anilines is 2. The van der Waals surface area contributed by atoms with Crippen molar-refractivity contribution in [3.63, 3.8) is 0 Å². The van der Waals surface area contributed by atoms with Crippen LogP contribution in [0.3, 0.4) is 0 Å². The Kier molecular flexibility index (Phi) is 10.1. The van der Waals surface area contributed by atoms with Crippen molar-refractivity contribution in [3.8, 4) is 28.3 Å². The fourth-order valence-corrected chi connectivity index (χ4v) is 9.26. The number of carbonyl (C=O) groups excluding carboxylic acids is 1. The number of methoxy groups -OCH3 is 2. The summed E-state index contributed by atoms with van der Waals surface area (Å²) in [6.07, 6.45) is 3.59. The number of hydrogen-bond acceptors (Lipinski definition) is 9. The SMILES string of the molecule is COCCN1CC[C@]2(CCN([C@@H]3CCc4cc(-c5cccc(-c6cccc(Nc7nc(C)cc8c7c(=O)n(C)c(=O)n8C)c6Cl)c5Cl)nc(OC)c43)C2)NC1=O. The van der Waals surface area contributed by atoms with E-state index in [1.807, 2.05) is 35.2 Å². The molecule has 0 saturated carbocycles. The molecule has 3 aliphatic rings. The Morgan fingerprint density at radius 3 is 2.43 bits per heavy atom. The first-order chi connectivity index (χ1) is 26.9. The number of hydrogen-bond donors (Lipinski definition) is 2. The molecule has 0 unspecified atom stereocenters. The number of aromatic nitrogens is 4. The number of benzene rings is 2. The van der Waals surface area contributed by atoms with Crippen LogP contribution in [-0.4, -0.2) is 87.5 Å².